The van der Waals surface area contributed by atoms with E-state index in [1.165, 1.54) is 12.1 Å². The van der Waals surface area contributed by atoms with Crippen molar-refractivity contribution in [2.45, 2.75) is 25.3 Å². The van der Waals surface area contributed by atoms with Gasteiger partial charge in [0.1, 0.15) is 10.9 Å². The third-order valence-electron chi connectivity index (χ3n) is 5.79. The zero-order valence-corrected chi connectivity index (χ0v) is 20.2. The quantitative estimate of drug-likeness (QED) is 0.440. The van der Waals surface area contributed by atoms with Crippen molar-refractivity contribution < 1.29 is 28.9 Å². The second kappa shape index (κ2) is 10.2. The smallest absolute Gasteiger partial charge is 0.243 e. The molecule has 9 nitrogen and oxygen atoms in total. The molecule has 0 N–H and O–H groups in total. The predicted octanol–water partition coefficient (Wildman–Crippen LogP) is 3.12. The average molecular weight is 497 g/mol. The number of hydrogen-bond acceptors (Lipinski definition) is 8. The Balaban J connectivity index is 1.75. The summed E-state index contributed by atoms with van der Waals surface area (Å²) in [6, 6.07) is 12.1. The second-order valence-corrected chi connectivity index (χ2v) is 8.23. The number of carbonyl (C=O) groups excluding carboxylic acids is 2. The van der Waals surface area contributed by atoms with E-state index < -0.39 is 24.3 Å². The SMILES string of the molecule is COc1ccc2cc([C@H]3CC(c4ccc(OC)c(OC)c4)=NN3C(=O)CCC(=O)[O-])c(Cl)nc2c1. The molecule has 4 rings (SSSR count). The molecule has 0 saturated carbocycles. The number of carbonyl (C=O) groups is 2. The first-order chi connectivity index (χ1) is 16.8. The van der Waals surface area contributed by atoms with Crippen LogP contribution in [0.4, 0.5) is 0 Å². The van der Waals surface area contributed by atoms with Gasteiger partial charge in [-0.3, -0.25) is 4.79 Å². The molecule has 1 aliphatic rings. The first kappa shape index (κ1) is 24.3. The van der Waals surface area contributed by atoms with Gasteiger partial charge in [-0.25, -0.2) is 9.99 Å². The molecule has 0 spiro atoms. The number of methoxy groups -OCH3 is 3. The Morgan fingerprint density at radius 2 is 1.80 bits per heavy atom. The van der Waals surface area contributed by atoms with Crippen LogP contribution in [0.1, 0.15) is 36.4 Å². The van der Waals surface area contributed by atoms with Gasteiger partial charge >= 0.3 is 0 Å². The molecule has 0 unspecified atom stereocenters. The molecule has 2 heterocycles. The van der Waals surface area contributed by atoms with Gasteiger partial charge in [-0.05, 0) is 42.8 Å². The van der Waals surface area contributed by atoms with E-state index in [4.69, 9.17) is 25.8 Å². The number of halogens is 1. The molecule has 1 aliphatic heterocycles. The van der Waals surface area contributed by atoms with E-state index in [0.717, 1.165) is 10.9 Å². The van der Waals surface area contributed by atoms with E-state index in [1.807, 2.05) is 24.3 Å². The number of carboxylic acids is 1. The minimum Gasteiger partial charge on any atom is -0.550 e. The predicted molar refractivity (Wildman–Crippen MR) is 128 cm³/mol. The van der Waals surface area contributed by atoms with Crippen LogP contribution in [-0.2, 0) is 9.59 Å². The molecule has 0 saturated heterocycles. The summed E-state index contributed by atoms with van der Waals surface area (Å²) in [6.45, 7) is 0. The number of benzene rings is 2. The molecule has 182 valence electrons. The van der Waals surface area contributed by atoms with E-state index in [9.17, 15) is 14.7 Å². The lowest BCUT2D eigenvalue weighted by atomic mass is 9.98. The van der Waals surface area contributed by atoms with Gasteiger partial charge in [-0.2, -0.15) is 5.10 Å². The number of amides is 1. The van der Waals surface area contributed by atoms with E-state index in [-0.39, 0.29) is 11.6 Å². The summed E-state index contributed by atoms with van der Waals surface area (Å²) in [7, 11) is 4.65. The van der Waals surface area contributed by atoms with E-state index in [1.54, 1.807) is 32.4 Å². The Hall–Kier alpha value is -3.85. The second-order valence-electron chi connectivity index (χ2n) is 7.87. The molecule has 1 aromatic heterocycles. The number of carboxylic acid groups (broad SMARTS) is 1. The van der Waals surface area contributed by atoms with Crippen molar-refractivity contribution in [3.8, 4) is 17.2 Å². The van der Waals surface area contributed by atoms with Crippen LogP contribution in [0.5, 0.6) is 17.2 Å². The maximum absolute atomic E-state index is 13.0. The number of rotatable bonds is 8. The summed E-state index contributed by atoms with van der Waals surface area (Å²) in [5, 5.41) is 17.8. The van der Waals surface area contributed by atoms with Gasteiger partial charge in [0.15, 0.2) is 11.5 Å². The van der Waals surface area contributed by atoms with Crippen molar-refractivity contribution in [1.82, 2.24) is 9.99 Å². The van der Waals surface area contributed by atoms with Crippen molar-refractivity contribution in [2.24, 2.45) is 5.10 Å². The minimum absolute atomic E-state index is 0.220. The number of aromatic nitrogens is 1. The Morgan fingerprint density at radius 3 is 2.49 bits per heavy atom. The Morgan fingerprint density at radius 1 is 1.03 bits per heavy atom. The lowest BCUT2D eigenvalue weighted by Gasteiger charge is -2.23. The lowest BCUT2D eigenvalue weighted by molar-refractivity contribution is -0.305. The fourth-order valence-electron chi connectivity index (χ4n) is 4.00. The molecule has 0 fully saturated rings. The zero-order chi connectivity index (χ0) is 25.1. The number of ether oxygens (including phenoxy) is 3. The van der Waals surface area contributed by atoms with Gasteiger partial charge < -0.3 is 24.1 Å². The molecule has 3 aromatic rings. The highest BCUT2D eigenvalue weighted by molar-refractivity contribution is 6.30. The molecule has 0 radical (unpaired) electrons. The standard InChI is InChI=1S/C25H24ClN3O6/c1-33-16-6-4-14-10-17(25(26)27-18(14)12-16)20-13-19(28-29(20)23(30)8-9-24(31)32)15-5-7-21(34-2)22(11-15)35-3/h4-7,10-12,20H,8-9,13H2,1-3H3,(H,31,32)/p-1/t20-/m1/s1. The monoisotopic (exact) mass is 496 g/mol. The van der Waals surface area contributed by atoms with Gasteiger partial charge in [0, 0.05) is 41.4 Å². The van der Waals surface area contributed by atoms with Crippen LogP contribution < -0.4 is 19.3 Å². The third kappa shape index (κ3) is 5.00. The summed E-state index contributed by atoms with van der Waals surface area (Å²) < 4.78 is 16.0. The van der Waals surface area contributed by atoms with E-state index >= 15 is 0 Å². The summed E-state index contributed by atoms with van der Waals surface area (Å²) >= 11 is 6.58. The van der Waals surface area contributed by atoms with Gasteiger partial charge in [0.2, 0.25) is 5.91 Å². The normalized spacial score (nSPS) is 15.1. The number of nitrogens with zero attached hydrogens (tertiary/aromatic N) is 3. The lowest BCUT2D eigenvalue weighted by Crippen LogP contribution is -2.30. The van der Waals surface area contributed by atoms with Crippen LogP contribution in [-0.4, -0.2) is 48.9 Å². The molecule has 1 atom stereocenters. The van der Waals surface area contributed by atoms with Gasteiger partial charge in [-0.1, -0.05) is 11.6 Å². The summed E-state index contributed by atoms with van der Waals surface area (Å²) in [5.74, 6) is -0.0400. The van der Waals surface area contributed by atoms with Crippen molar-refractivity contribution in [2.75, 3.05) is 21.3 Å². The van der Waals surface area contributed by atoms with Crippen LogP contribution in [0.2, 0.25) is 5.15 Å². The van der Waals surface area contributed by atoms with Gasteiger partial charge in [0.25, 0.3) is 0 Å². The van der Waals surface area contributed by atoms with Gasteiger partial charge in [-0.15, -0.1) is 0 Å². The third-order valence-corrected chi connectivity index (χ3v) is 6.09. The minimum atomic E-state index is -1.31. The largest absolute Gasteiger partial charge is 0.550 e. The number of aliphatic carboxylic acids is 1. The van der Waals surface area contributed by atoms with Crippen LogP contribution in [0.3, 0.4) is 0 Å². The van der Waals surface area contributed by atoms with Gasteiger partial charge in [0.05, 0.1) is 38.6 Å². The van der Waals surface area contributed by atoms with E-state index in [2.05, 4.69) is 10.1 Å². The Labute approximate surface area is 206 Å². The van der Waals surface area contributed by atoms with Crippen LogP contribution in [0.15, 0.2) is 47.6 Å². The fourth-order valence-corrected chi connectivity index (χ4v) is 4.27. The van der Waals surface area contributed by atoms with Crippen LogP contribution in [0.25, 0.3) is 10.9 Å². The molecular weight excluding hydrogens is 474 g/mol. The molecule has 35 heavy (non-hydrogen) atoms. The number of hydrogen-bond donors (Lipinski definition) is 0. The topological polar surface area (TPSA) is 113 Å². The number of fused-ring (bicyclic) bond motifs is 1. The summed E-state index contributed by atoms with van der Waals surface area (Å²) in [4.78, 5) is 28.5. The highest BCUT2D eigenvalue weighted by Crippen LogP contribution is 2.39. The van der Waals surface area contributed by atoms with Crippen molar-refractivity contribution in [1.29, 1.82) is 0 Å². The Kier molecular flexibility index (Phi) is 7.07. The maximum atomic E-state index is 13.0. The van der Waals surface area contributed by atoms with E-state index in [0.29, 0.717) is 40.5 Å². The highest BCUT2D eigenvalue weighted by atomic mass is 35.5. The molecule has 10 heteroatoms. The van der Waals surface area contributed by atoms with Crippen molar-refractivity contribution in [3.05, 3.63) is 58.7 Å². The number of pyridine rings is 1. The molecule has 0 bridgehead atoms. The summed E-state index contributed by atoms with van der Waals surface area (Å²) in [6.07, 6.45) is -0.320. The molecule has 1 amide bonds. The summed E-state index contributed by atoms with van der Waals surface area (Å²) in [5.41, 5.74) is 2.60. The molecular formula is C25H23ClN3O6-. The van der Waals surface area contributed by atoms with Crippen LogP contribution in [0, 0.1) is 0 Å². The highest BCUT2D eigenvalue weighted by Gasteiger charge is 2.35. The molecule has 0 aliphatic carbocycles. The number of hydrazone groups is 1. The zero-order valence-electron chi connectivity index (χ0n) is 19.4. The van der Waals surface area contributed by atoms with Crippen molar-refractivity contribution >= 4 is 40.1 Å². The first-order valence-electron chi connectivity index (χ1n) is 10.8. The van der Waals surface area contributed by atoms with Crippen molar-refractivity contribution in [3.63, 3.8) is 0 Å². The first-order valence-corrected chi connectivity index (χ1v) is 11.2. The Bertz CT molecular complexity index is 1330. The average Bonchev–Trinajstić information content (AvgIpc) is 3.31. The fraction of sp³-hybridized carbons (Fsp3) is 0.280. The maximum Gasteiger partial charge on any atom is 0.243 e. The molecule has 2 aromatic carbocycles. The van der Waals surface area contributed by atoms with Crippen LogP contribution >= 0.6 is 11.6 Å².